The summed E-state index contributed by atoms with van der Waals surface area (Å²) in [5.74, 6) is 1.26. The molecule has 2 atom stereocenters. The van der Waals surface area contributed by atoms with Gasteiger partial charge in [0.15, 0.2) is 6.54 Å². The quantitative estimate of drug-likeness (QED) is 0.614. The first-order chi connectivity index (χ1) is 11.6. The maximum Gasteiger partial charge on any atom is 0.275 e. The van der Waals surface area contributed by atoms with Crippen LogP contribution in [0.5, 0.6) is 11.5 Å². The molecule has 0 spiro atoms. The van der Waals surface area contributed by atoms with Crippen LogP contribution in [0.25, 0.3) is 0 Å². The van der Waals surface area contributed by atoms with Gasteiger partial charge in [-0.3, -0.25) is 9.59 Å². The summed E-state index contributed by atoms with van der Waals surface area (Å²) in [4.78, 5) is 24.5. The van der Waals surface area contributed by atoms with E-state index in [-0.39, 0.29) is 24.4 Å². The van der Waals surface area contributed by atoms with Crippen LogP contribution in [0.2, 0.25) is 0 Å². The van der Waals surface area contributed by atoms with E-state index in [4.69, 9.17) is 9.47 Å². The third-order valence-corrected chi connectivity index (χ3v) is 4.41. The van der Waals surface area contributed by atoms with Gasteiger partial charge in [0.25, 0.3) is 5.91 Å². The van der Waals surface area contributed by atoms with Crippen LogP contribution >= 0.6 is 0 Å². The lowest BCUT2D eigenvalue weighted by atomic mass is 10.0. The number of likely N-dealkylation sites (tertiary alicyclic amines) is 1. The number of hydrogen-bond donors (Lipinski definition) is 3. The molecule has 1 heterocycles. The zero-order valence-corrected chi connectivity index (χ0v) is 14.5. The second kappa shape index (κ2) is 8.54. The van der Waals surface area contributed by atoms with Gasteiger partial charge in [0.2, 0.25) is 5.91 Å². The second-order valence-corrected chi connectivity index (χ2v) is 5.84. The molecular weight excluding hydrogens is 310 g/mol. The molecule has 2 rings (SSSR count). The fraction of sp³-hybridized carbons (Fsp3) is 0.529. The Hall–Kier alpha value is -2.28. The highest BCUT2D eigenvalue weighted by Gasteiger charge is 2.33. The molecule has 1 aromatic rings. The third kappa shape index (κ3) is 4.38. The van der Waals surface area contributed by atoms with Gasteiger partial charge in [-0.15, -0.1) is 0 Å². The smallest absolute Gasteiger partial charge is 0.275 e. The van der Waals surface area contributed by atoms with E-state index in [1.165, 1.54) is 4.90 Å². The normalized spacial score (nSPS) is 19.6. The van der Waals surface area contributed by atoms with Crippen molar-refractivity contribution in [1.82, 2.24) is 10.6 Å². The molecule has 0 radical (unpaired) electrons. The molecule has 1 saturated heterocycles. The number of amides is 2. The molecule has 3 N–H and O–H groups in total. The number of likely N-dealkylation sites (N-methyl/N-ethyl adjacent to an activating group) is 1. The van der Waals surface area contributed by atoms with E-state index in [0.29, 0.717) is 6.54 Å². The highest BCUT2D eigenvalue weighted by atomic mass is 16.5. The lowest BCUT2D eigenvalue weighted by Crippen LogP contribution is -3.11. The Labute approximate surface area is 142 Å². The van der Waals surface area contributed by atoms with Crippen molar-refractivity contribution in [1.29, 1.82) is 0 Å². The van der Waals surface area contributed by atoms with Crippen LogP contribution in [0.4, 0.5) is 0 Å². The first kappa shape index (κ1) is 18.1. The van der Waals surface area contributed by atoms with Crippen LogP contribution < -0.4 is 25.0 Å². The number of carbonyl (C=O) groups excluding carboxylic acids is 2. The number of nitrogens with one attached hydrogen (secondary N) is 3. The monoisotopic (exact) mass is 336 g/mol. The van der Waals surface area contributed by atoms with E-state index < -0.39 is 0 Å². The topological polar surface area (TPSA) is 81.1 Å². The molecule has 132 valence electrons. The molecule has 7 heteroatoms. The molecule has 1 fully saturated rings. The summed E-state index contributed by atoms with van der Waals surface area (Å²) in [6.07, 6.45) is 2.03. The molecule has 1 aliphatic rings. The van der Waals surface area contributed by atoms with Gasteiger partial charge in [-0.2, -0.15) is 0 Å². The lowest BCUT2D eigenvalue weighted by molar-refractivity contribution is -0.910. The van der Waals surface area contributed by atoms with E-state index in [9.17, 15) is 9.59 Å². The Kier molecular flexibility index (Phi) is 6.43. The van der Waals surface area contributed by atoms with E-state index in [0.717, 1.165) is 36.4 Å². The largest absolute Gasteiger partial charge is 0.497 e. The van der Waals surface area contributed by atoms with Gasteiger partial charge >= 0.3 is 0 Å². The standard InChI is InChI=1S/C17H25N3O4/c1-18-16(21)10-19-17(22)11-20-8-4-5-14(20)13-9-12(23-2)6-7-15(13)24-3/h6-7,9,14H,4-5,8,10-11H2,1-3H3,(H,18,21)(H,19,22)/p+1/t14-/m1/s1. The Morgan fingerprint density at radius 3 is 2.71 bits per heavy atom. The number of hydrogen-bond acceptors (Lipinski definition) is 4. The molecule has 0 bridgehead atoms. The van der Waals surface area contributed by atoms with Gasteiger partial charge < -0.3 is 25.0 Å². The first-order valence-electron chi connectivity index (χ1n) is 8.12. The van der Waals surface area contributed by atoms with Crippen molar-refractivity contribution in [2.75, 3.05) is 40.9 Å². The minimum absolute atomic E-state index is 0.00968. The van der Waals surface area contributed by atoms with E-state index in [1.54, 1.807) is 21.3 Å². The van der Waals surface area contributed by atoms with Crippen molar-refractivity contribution in [2.45, 2.75) is 18.9 Å². The van der Waals surface area contributed by atoms with Crippen LogP contribution in [0.1, 0.15) is 24.4 Å². The fourth-order valence-corrected chi connectivity index (χ4v) is 3.15. The van der Waals surface area contributed by atoms with Crippen molar-refractivity contribution >= 4 is 11.8 Å². The van der Waals surface area contributed by atoms with Crippen molar-refractivity contribution in [3.8, 4) is 11.5 Å². The summed E-state index contributed by atoms with van der Waals surface area (Å²) in [5, 5.41) is 5.14. The number of methoxy groups -OCH3 is 2. The summed E-state index contributed by atoms with van der Waals surface area (Å²) in [6.45, 7) is 1.26. The summed E-state index contributed by atoms with van der Waals surface area (Å²) < 4.78 is 10.8. The number of quaternary nitrogens is 1. The highest BCUT2D eigenvalue weighted by Crippen LogP contribution is 2.31. The van der Waals surface area contributed by atoms with E-state index in [2.05, 4.69) is 10.6 Å². The van der Waals surface area contributed by atoms with Gasteiger partial charge in [0, 0.05) is 19.9 Å². The second-order valence-electron chi connectivity index (χ2n) is 5.84. The Balaban J connectivity index is 2.07. The molecule has 0 aromatic heterocycles. The molecular formula is C17H26N3O4+. The van der Waals surface area contributed by atoms with Crippen molar-refractivity contribution in [3.05, 3.63) is 23.8 Å². The molecule has 2 amide bonds. The Morgan fingerprint density at radius 2 is 2.04 bits per heavy atom. The van der Waals surface area contributed by atoms with Gasteiger partial charge in [-0.1, -0.05) is 0 Å². The molecule has 0 saturated carbocycles. The molecule has 1 unspecified atom stereocenters. The Bertz CT molecular complexity index is 591. The lowest BCUT2D eigenvalue weighted by Gasteiger charge is -2.23. The number of benzene rings is 1. The average molecular weight is 336 g/mol. The summed E-state index contributed by atoms with van der Waals surface area (Å²) >= 11 is 0. The SMILES string of the molecule is CNC(=O)CNC(=O)C[NH+]1CCC[C@@H]1c1cc(OC)ccc1OC. The number of ether oxygens (including phenoxy) is 2. The van der Waals surface area contributed by atoms with Crippen LogP contribution in [0.15, 0.2) is 18.2 Å². The maximum absolute atomic E-state index is 12.1. The first-order valence-corrected chi connectivity index (χ1v) is 8.12. The Morgan fingerprint density at radius 1 is 1.25 bits per heavy atom. The van der Waals surface area contributed by atoms with Crippen molar-refractivity contribution in [3.63, 3.8) is 0 Å². The summed E-state index contributed by atoms with van der Waals surface area (Å²) in [6, 6.07) is 5.93. The van der Waals surface area contributed by atoms with Crippen molar-refractivity contribution in [2.24, 2.45) is 0 Å². The minimum atomic E-state index is -0.203. The minimum Gasteiger partial charge on any atom is -0.497 e. The van der Waals surface area contributed by atoms with Crippen molar-refractivity contribution < 1.29 is 24.0 Å². The van der Waals surface area contributed by atoms with Gasteiger partial charge in [-0.25, -0.2) is 0 Å². The number of carbonyl (C=O) groups is 2. The zero-order valence-electron chi connectivity index (χ0n) is 14.5. The van der Waals surface area contributed by atoms with E-state index >= 15 is 0 Å². The molecule has 1 aromatic carbocycles. The summed E-state index contributed by atoms with van der Waals surface area (Å²) in [5.41, 5.74) is 1.06. The maximum atomic E-state index is 12.1. The van der Waals surface area contributed by atoms with Gasteiger partial charge in [0.05, 0.1) is 32.9 Å². The molecule has 7 nitrogen and oxygen atoms in total. The van der Waals surface area contributed by atoms with Gasteiger partial charge in [0.1, 0.15) is 17.5 Å². The van der Waals surface area contributed by atoms with Crippen LogP contribution in [-0.2, 0) is 9.59 Å². The fourth-order valence-electron chi connectivity index (χ4n) is 3.15. The molecule has 0 aliphatic carbocycles. The van der Waals surface area contributed by atoms with E-state index in [1.807, 2.05) is 18.2 Å². The van der Waals surface area contributed by atoms with Crippen LogP contribution in [-0.4, -0.2) is 52.7 Å². The predicted molar refractivity (Wildman–Crippen MR) is 89.3 cm³/mol. The molecule has 1 aliphatic heterocycles. The third-order valence-electron chi connectivity index (χ3n) is 4.41. The van der Waals surface area contributed by atoms with Crippen LogP contribution in [0, 0.1) is 0 Å². The summed E-state index contributed by atoms with van der Waals surface area (Å²) in [7, 11) is 4.83. The highest BCUT2D eigenvalue weighted by molar-refractivity contribution is 5.84. The van der Waals surface area contributed by atoms with Gasteiger partial charge in [-0.05, 0) is 18.2 Å². The number of rotatable bonds is 7. The zero-order chi connectivity index (χ0) is 17.5. The predicted octanol–water partition coefficient (Wildman–Crippen LogP) is -0.714. The average Bonchev–Trinajstić information content (AvgIpc) is 3.06. The molecule has 24 heavy (non-hydrogen) atoms. The van der Waals surface area contributed by atoms with Crippen LogP contribution in [0.3, 0.4) is 0 Å².